The second-order valence-corrected chi connectivity index (χ2v) is 24.8. The number of nitrogens with two attached hydrogens (primary N) is 1. The van der Waals surface area contributed by atoms with E-state index in [9.17, 15) is 68.3 Å². The molecule has 6 aromatic carbocycles. The number of morpholine rings is 1. The zero-order valence-corrected chi connectivity index (χ0v) is 76.0. The van der Waals surface area contributed by atoms with E-state index in [0.29, 0.717) is 82.4 Å². The van der Waals surface area contributed by atoms with Gasteiger partial charge in [0.15, 0.2) is 69.8 Å². The Balaban J connectivity index is 0.000000254. The topological polar surface area (TPSA) is 352 Å². The van der Waals surface area contributed by atoms with E-state index >= 15 is 0 Å². The molecule has 117 heavy (non-hydrogen) atoms. The number of amides is 2. The van der Waals surface area contributed by atoms with Gasteiger partial charge in [-0.3, -0.25) is 33.6 Å². The summed E-state index contributed by atoms with van der Waals surface area (Å²) in [6.45, 7) is 1.35. The van der Waals surface area contributed by atoms with Crippen molar-refractivity contribution < 1.29 is 222 Å². The molecule has 0 spiro atoms. The van der Waals surface area contributed by atoms with Crippen molar-refractivity contribution in [2.24, 2.45) is 0 Å². The Kier molecular flexibility index (Phi) is 38.9. The van der Waals surface area contributed by atoms with Crippen LogP contribution in [0.5, 0.6) is 0 Å². The van der Waals surface area contributed by atoms with Crippen molar-refractivity contribution in [1.29, 1.82) is 0 Å². The van der Waals surface area contributed by atoms with E-state index in [-0.39, 0.29) is 243 Å². The van der Waals surface area contributed by atoms with Crippen LogP contribution in [0.4, 0.5) is 56.6 Å². The molecule has 7 heterocycles. The number of benzene rings is 6. The summed E-state index contributed by atoms with van der Waals surface area (Å²) in [6, 6.07) is 33.9. The second-order valence-electron chi connectivity index (χ2n) is 23.6. The van der Waals surface area contributed by atoms with Crippen LogP contribution in [0, 0.1) is 52.4 Å². The number of hydrogen-bond donors (Lipinski definition) is 2. The van der Waals surface area contributed by atoms with Crippen molar-refractivity contribution in [3.63, 3.8) is 0 Å². The van der Waals surface area contributed by atoms with Crippen LogP contribution in [0.1, 0.15) is 18.1 Å². The summed E-state index contributed by atoms with van der Waals surface area (Å²) in [5.74, 6) is -11.4. The molecule has 27 nitrogen and oxygen atoms in total. The Labute approximate surface area is 791 Å². The number of carbonyl (C=O) groups is 4. The number of halogens is 12. The molecule has 41 heteroatoms. The molecule has 0 radical (unpaired) electrons. The molecule has 12 aromatic rings. The third-order valence-corrected chi connectivity index (χ3v) is 15.9. The van der Waals surface area contributed by atoms with Crippen molar-refractivity contribution in [2.75, 3.05) is 73.9 Å². The van der Waals surface area contributed by atoms with Gasteiger partial charge in [0.1, 0.15) is 19.8 Å². The van der Waals surface area contributed by atoms with E-state index in [2.05, 4.69) is 60.1 Å². The largest absolute Gasteiger partial charge is 1.00 e. The Morgan fingerprint density at radius 2 is 0.846 bits per heavy atom. The number of ether oxygens (including phenoxy) is 3. The van der Waals surface area contributed by atoms with Gasteiger partial charge in [-0.1, -0.05) is 54.6 Å². The molecule has 0 atom stereocenters. The van der Waals surface area contributed by atoms with E-state index in [1.54, 1.807) is 84.0 Å². The normalized spacial score (nSPS) is 11.3. The van der Waals surface area contributed by atoms with Gasteiger partial charge < -0.3 is 41.7 Å². The maximum atomic E-state index is 13.7. The number of nitrogens with one attached hydrogen (secondary N) is 1. The first-order valence-electron chi connectivity index (χ1n) is 33.4. The van der Waals surface area contributed by atoms with Gasteiger partial charge in [-0.25, -0.2) is 83.5 Å². The first kappa shape index (κ1) is 95.4. The summed E-state index contributed by atoms with van der Waals surface area (Å²) in [4.78, 5) is 109. The minimum Gasteiger partial charge on any atom is -1.00 e. The van der Waals surface area contributed by atoms with Gasteiger partial charge in [-0.05, 0) is 101 Å². The molecule has 3 N–H and O–H groups in total. The van der Waals surface area contributed by atoms with E-state index in [1.807, 2.05) is 6.07 Å². The fourth-order valence-electron chi connectivity index (χ4n) is 10.3. The monoisotopic (exact) mass is 1920 g/mol. The average molecular weight is 1920 g/mol. The van der Waals surface area contributed by atoms with Gasteiger partial charge in [-0.15, -0.1) is 23.2 Å². The number of carbonyl (C=O) groups excluding carboxylic acids is 4. The number of alkyl halides is 2. The molecule has 1 aliphatic rings. The van der Waals surface area contributed by atoms with Gasteiger partial charge in [0.05, 0.1) is 111 Å². The van der Waals surface area contributed by atoms with Crippen LogP contribution < -0.4 is 176 Å². The second kappa shape index (κ2) is 47.8. The van der Waals surface area contributed by atoms with Crippen LogP contribution in [0.25, 0.3) is 67.9 Å². The molecular weight excluding hydrogens is 1860 g/mol. The first-order chi connectivity index (χ1) is 55.3. The summed E-state index contributed by atoms with van der Waals surface area (Å²) in [5.41, 5.74) is 10.2. The van der Waals surface area contributed by atoms with E-state index < -0.39 is 74.3 Å². The minimum atomic E-state index is -1.58. The van der Waals surface area contributed by atoms with E-state index in [0.717, 1.165) is 61.6 Å². The summed E-state index contributed by atoms with van der Waals surface area (Å²) >= 11 is 15.6. The number of nitrogen functional groups attached to an aromatic ring is 1. The van der Waals surface area contributed by atoms with Crippen molar-refractivity contribution in [3.05, 3.63) is 283 Å². The maximum absolute atomic E-state index is 13.7. The average Bonchev–Trinajstić information content (AvgIpc) is 0.818. The Morgan fingerprint density at radius 1 is 0.504 bits per heavy atom. The summed E-state index contributed by atoms with van der Waals surface area (Å²) < 4.78 is 140. The summed E-state index contributed by atoms with van der Waals surface area (Å²) in [7, 11) is 0. The van der Waals surface area contributed by atoms with Gasteiger partial charge in [-0.2, -0.15) is 15.3 Å². The van der Waals surface area contributed by atoms with Gasteiger partial charge in [0.2, 0.25) is 11.1 Å². The maximum Gasteiger partial charge on any atom is 1.00 e. The molecule has 596 valence electrons. The van der Waals surface area contributed by atoms with Crippen LogP contribution in [0.2, 0.25) is 0 Å². The fourth-order valence-corrected chi connectivity index (χ4v) is 10.6. The number of nitrogens with zero attached hydrogens (tertiary/aromatic N) is 13. The minimum absolute atomic E-state index is 0. The van der Waals surface area contributed by atoms with E-state index in [1.165, 1.54) is 61.2 Å². The molecule has 0 unspecified atom stereocenters. The molecule has 0 bridgehead atoms. The molecule has 0 aliphatic carbocycles. The molecule has 13 rings (SSSR count). The summed E-state index contributed by atoms with van der Waals surface area (Å²) in [6.07, 6.45) is 9.01. The molecular formula is C76H59Cl3Cs2F9N15O12. The van der Waals surface area contributed by atoms with E-state index in [4.69, 9.17) is 60.1 Å². The Morgan fingerprint density at radius 3 is 1.18 bits per heavy atom. The van der Waals surface area contributed by atoms with Crippen molar-refractivity contribution >= 4 is 75.4 Å². The van der Waals surface area contributed by atoms with Crippen molar-refractivity contribution in [1.82, 2.24) is 59.2 Å². The first-order valence-corrected chi connectivity index (χ1v) is 34.8. The van der Waals surface area contributed by atoms with Gasteiger partial charge in [0, 0.05) is 69.9 Å². The standard InChI is InChI=1S/C25H19ClF3N5O3.C25H18F3N5O3.C21H14F3N5O.C4H6Cl2O2.CH2O3.2Cs.H/c26-6-7-37-14-22(35)32-18-11-30-25(31-12-18)16-3-1-2-15(8-16)13-34-23(36)5-4-21(33-34)17-9-19(27)24(29)20(28)10-17;26-19-9-17(10-20(27)24(19)28)21-4-5-22(34)33(31-21)13-15-2-1-3-16(8-15)25-29-11-18(12-30-25)32-6-7-36-14-23(32)35;22-16-7-14(8-17(23)20(16)24)18-4-5-19(30)29(28-18)11-12-2-1-3-13(6-12)21-26-9-15(25)10-27-21;5-1-2-8-3-4(6)7;2-1-4-3;;;/h1-5,8-12H,6-7,13-14H2,(H,32,35);1-5,8-12H,6-7,13-14H2;1-10H,11,25H2;1-3H2;1,3H;;;/q;;;;;2*+1;-1/p-1. The molecule has 1 aliphatic heterocycles. The fraction of sp³-hybridized carbons (Fsp3) is 0.158. The number of aromatic nitrogens is 12. The van der Waals surface area contributed by atoms with Crippen molar-refractivity contribution in [3.8, 4) is 67.9 Å². The smallest absolute Gasteiger partial charge is 1.00 e. The number of hydrogen-bond acceptors (Lipinski definition) is 22. The van der Waals surface area contributed by atoms with Crippen molar-refractivity contribution in [2.45, 2.75) is 19.6 Å². The molecule has 1 fully saturated rings. The molecule has 1 saturated heterocycles. The van der Waals surface area contributed by atoms with Crippen LogP contribution in [-0.4, -0.2) is 141 Å². The molecule has 2 amide bonds. The predicted octanol–water partition coefficient (Wildman–Crippen LogP) is 4.20. The van der Waals surface area contributed by atoms with Gasteiger partial charge >= 0.3 is 138 Å². The number of anilines is 3. The van der Waals surface area contributed by atoms with Crippen LogP contribution in [0.15, 0.2) is 197 Å². The van der Waals surface area contributed by atoms with Crippen LogP contribution in [0.3, 0.4) is 0 Å². The van der Waals surface area contributed by atoms with Gasteiger partial charge in [0.25, 0.3) is 29.1 Å². The third kappa shape index (κ3) is 28.5. The van der Waals surface area contributed by atoms with Crippen LogP contribution in [-0.2, 0) is 57.9 Å². The third-order valence-electron chi connectivity index (χ3n) is 15.5. The van der Waals surface area contributed by atoms with Crippen LogP contribution >= 0.6 is 34.8 Å². The molecule has 6 aromatic heterocycles. The SMILES string of the molecule is Nc1cnc(-c2cccc(Cn3nc(-c4cc(F)c(F)c(F)c4)ccc3=O)c2)nc1.O=C(COCCCl)Nc1cnc(-c2cccc(Cn3nc(-c4cc(F)c(F)c(F)c4)ccc3=O)c2)nc1.O=C(Cl)COCCCl.O=C1COCCN1c1cnc(-c2cccc(Cn3nc(-c4cc(F)c(F)c(F)c4)ccc3=O)c2)nc1.O=CO[O-].[Cs+].[Cs+].[H-]. The zero-order valence-electron chi connectivity index (χ0n) is 62.2. The molecule has 0 saturated carbocycles. The predicted molar refractivity (Wildman–Crippen MR) is 400 cm³/mol. The summed E-state index contributed by atoms with van der Waals surface area (Å²) in [5, 5.41) is 23.1. The Bertz CT molecular complexity index is 5570. The Hall–Kier alpha value is -8.74. The number of rotatable bonds is 23. The quantitative estimate of drug-likeness (QED) is 0.0132. The zero-order chi connectivity index (χ0) is 82.7.